The van der Waals surface area contributed by atoms with E-state index in [1.165, 1.54) is 25.5 Å². The van der Waals surface area contributed by atoms with E-state index in [2.05, 4.69) is 15.8 Å². The highest BCUT2D eigenvalue weighted by atomic mass is 16.5. The van der Waals surface area contributed by atoms with E-state index < -0.39 is 11.9 Å². The van der Waals surface area contributed by atoms with Gasteiger partial charge in [-0.1, -0.05) is 12.1 Å². The fourth-order valence-corrected chi connectivity index (χ4v) is 2.36. The summed E-state index contributed by atoms with van der Waals surface area (Å²) in [6.45, 7) is 1.40. The van der Waals surface area contributed by atoms with Crippen LogP contribution in [0.5, 0.6) is 5.75 Å². The number of hydrogen-bond acceptors (Lipinski definition) is 6. The normalized spacial score (nSPS) is 10.5. The van der Waals surface area contributed by atoms with Crippen molar-refractivity contribution < 1.29 is 23.5 Å². The highest BCUT2D eigenvalue weighted by Gasteiger charge is 2.13. The molecule has 0 aliphatic carbocycles. The molecular formula is C21H17N3O5. The molecule has 29 heavy (non-hydrogen) atoms. The summed E-state index contributed by atoms with van der Waals surface area (Å²) in [5, 5.41) is 6.53. The Bertz CT molecular complexity index is 1040. The molecule has 1 heterocycles. The summed E-state index contributed by atoms with van der Waals surface area (Å²) in [5.74, 6) is -0.919. The zero-order valence-corrected chi connectivity index (χ0v) is 15.4. The fraction of sp³-hybridized carbons (Fsp3) is 0.0476. The lowest BCUT2D eigenvalue weighted by Gasteiger charge is -2.06. The summed E-state index contributed by atoms with van der Waals surface area (Å²) in [7, 11) is 0. The SMILES string of the molecule is CC(=O)Nc1ccc(C(=O)N/N=C/c2ccccc2OC(=O)c2ccco2)cc1. The molecule has 0 aliphatic heterocycles. The Hall–Kier alpha value is -4.20. The molecule has 1 aromatic heterocycles. The van der Waals surface area contributed by atoms with Crippen molar-refractivity contribution in [1.82, 2.24) is 5.43 Å². The fourth-order valence-electron chi connectivity index (χ4n) is 2.36. The zero-order valence-electron chi connectivity index (χ0n) is 15.4. The van der Waals surface area contributed by atoms with Crippen molar-refractivity contribution in [1.29, 1.82) is 0 Å². The number of carbonyl (C=O) groups excluding carboxylic acids is 3. The molecular weight excluding hydrogens is 374 g/mol. The maximum absolute atomic E-state index is 12.2. The van der Waals surface area contributed by atoms with E-state index >= 15 is 0 Å². The summed E-state index contributed by atoms with van der Waals surface area (Å²) in [6, 6.07) is 16.2. The van der Waals surface area contributed by atoms with Gasteiger partial charge in [0.15, 0.2) is 0 Å². The molecule has 3 rings (SSSR count). The van der Waals surface area contributed by atoms with E-state index in [4.69, 9.17) is 9.15 Å². The molecule has 0 fully saturated rings. The molecule has 8 heteroatoms. The van der Waals surface area contributed by atoms with Crippen molar-refractivity contribution in [3.8, 4) is 5.75 Å². The number of ether oxygens (including phenoxy) is 1. The minimum Gasteiger partial charge on any atom is -0.457 e. The number of para-hydroxylation sites is 1. The molecule has 0 radical (unpaired) electrons. The quantitative estimate of drug-likeness (QED) is 0.290. The van der Waals surface area contributed by atoms with Gasteiger partial charge in [0.25, 0.3) is 5.91 Å². The van der Waals surface area contributed by atoms with Crippen LogP contribution < -0.4 is 15.5 Å². The van der Waals surface area contributed by atoms with Gasteiger partial charge in [0.1, 0.15) is 5.75 Å². The molecule has 0 aliphatic rings. The Morgan fingerprint density at radius 1 is 1.00 bits per heavy atom. The molecule has 2 aromatic carbocycles. The van der Waals surface area contributed by atoms with Crippen molar-refractivity contribution in [3.63, 3.8) is 0 Å². The minimum absolute atomic E-state index is 0.0766. The first-order valence-electron chi connectivity index (χ1n) is 8.58. The van der Waals surface area contributed by atoms with Crippen LogP contribution in [0.4, 0.5) is 5.69 Å². The van der Waals surface area contributed by atoms with Gasteiger partial charge in [-0.05, 0) is 48.5 Å². The van der Waals surface area contributed by atoms with Crippen LogP contribution in [0.15, 0.2) is 76.4 Å². The van der Waals surface area contributed by atoms with Gasteiger partial charge in [0.05, 0.1) is 12.5 Å². The second-order valence-corrected chi connectivity index (χ2v) is 5.86. The highest BCUT2D eigenvalue weighted by Crippen LogP contribution is 2.18. The van der Waals surface area contributed by atoms with Crippen LogP contribution in [0, 0.1) is 0 Å². The van der Waals surface area contributed by atoms with Crippen LogP contribution >= 0.6 is 0 Å². The molecule has 0 spiro atoms. The smallest absolute Gasteiger partial charge is 0.379 e. The lowest BCUT2D eigenvalue weighted by molar-refractivity contribution is -0.114. The maximum atomic E-state index is 12.2. The van der Waals surface area contributed by atoms with Gasteiger partial charge < -0.3 is 14.5 Å². The van der Waals surface area contributed by atoms with Crippen molar-refractivity contribution >= 4 is 29.7 Å². The third kappa shape index (κ3) is 5.39. The van der Waals surface area contributed by atoms with Gasteiger partial charge in [0, 0.05) is 23.7 Å². The van der Waals surface area contributed by atoms with E-state index in [-0.39, 0.29) is 17.4 Å². The predicted molar refractivity (Wildman–Crippen MR) is 106 cm³/mol. The first-order valence-corrected chi connectivity index (χ1v) is 8.58. The Balaban J connectivity index is 1.63. The Morgan fingerprint density at radius 3 is 2.45 bits per heavy atom. The lowest BCUT2D eigenvalue weighted by atomic mass is 10.2. The van der Waals surface area contributed by atoms with Gasteiger partial charge in [0.2, 0.25) is 11.7 Å². The topological polar surface area (TPSA) is 110 Å². The molecule has 146 valence electrons. The van der Waals surface area contributed by atoms with Crippen molar-refractivity contribution in [2.75, 3.05) is 5.32 Å². The molecule has 3 aromatic rings. The van der Waals surface area contributed by atoms with Crippen LogP contribution in [0.1, 0.15) is 33.4 Å². The first kappa shape index (κ1) is 19.6. The number of esters is 1. The van der Waals surface area contributed by atoms with Gasteiger partial charge in [-0.25, -0.2) is 10.2 Å². The number of nitrogens with one attached hydrogen (secondary N) is 2. The van der Waals surface area contributed by atoms with Crippen molar-refractivity contribution in [3.05, 3.63) is 83.8 Å². The number of carbonyl (C=O) groups is 3. The van der Waals surface area contributed by atoms with Gasteiger partial charge in [-0.3, -0.25) is 9.59 Å². The van der Waals surface area contributed by atoms with Crippen LogP contribution in [0.2, 0.25) is 0 Å². The highest BCUT2D eigenvalue weighted by molar-refractivity contribution is 5.96. The predicted octanol–water partition coefficient (Wildman–Crippen LogP) is 3.22. The summed E-state index contributed by atoms with van der Waals surface area (Å²) in [6.07, 6.45) is 2.75. The van der Waals surface area contributed by atoms with Gasteiger partial charge in [-0.2, -0.15) is 5.10 Å². The Labute approximate surface area is 166 Å². The molecule has 0 unspecified atom stereocenters. The Kier molecular flexibility index (Phi) is 6.16. The van der Waals surface area contributed by atoms with Gasteiger partial charge in [-0.15, -0.1) is 0 Å². The standard InChI is InChI=1S/C21H17N3O5/c1-14(25)23-17-10-8-15(9-11-17)20(26)24-22-13-16-5-2-3-6-18(16)29-21(27)19-7-4-12-28-19/h2-13H,1H3,(H,23,25)(H,24,26)/b22-13+. The summed E-state index contributed by atoms with van der Waals surface area (Å²) in [4.78, 5) is 35.2. The third-order valence-corrected chi connectivity index (χ3v) is 3.68. The second kappa shape index (κ2) is 9.14. The van der Waals surface area contributed by atoms with Crippen LogP contribution in [-0.2, 0) is 4.79 Å². The number of furan rings is 1. The monoisotopic (exact) mass is 391 g/mol. The average molecular weight is 391 g/mol. The molecule has 0 atom stereocenters. The van der Waals surface area contributed by atoms with E-state index in [1.54, 1.807) is 54.6 Å². The average Bonchev–Trinajstić information content (AvgIpc) is 3.24. The lowest BCUT2D eigenvalue weighted by Crippen LogP contribution is -2.18. The van der Waals surface area contributed by atoms with E-state index in [9.17, 15) is 14.4 Å². The van der Waals surface area contributed by atoms with E-state index in [0.29, 0.717) is 16.8 Å². The number of hydrazone groups is 1. The third-order valence-electron chi connectivity index (χ3n) is 3.68. The Morgan fingerprint density at radius 2 is 1.76 bits per heavy atom. The molecule has 2 amide bonds. The number of amides is 2. The molecule has 0 saturated heterocycles. The summed E-state index contributed by atoms with van der Waals surface area (Å²) in [5.41, 5.74) is 3.85. The van der Waals surface area contributed by atoms with Crippen LogP contribution in [0.3, 0.4) is 0 Å². The number of benzene rings is 2. The number of hydrogen-bond donors (Lipinski definition) is 2. The maximum Gasteiger partial charge on any atom is 0.379 e. The van der Waals surface area contributed by atoms with E-state index in [1.807, 2.05) is 0 Å². The van der Waals surface area contributed by atoms with Crippen molar-refractivity contribution in [2.24, 2.45) is 5.10 Å². The number of anilines is 1. The van der Waals surface area contributed by atoms with Crippen LogP contribution in [0.25, 0.3) is 0 Å². The second-order valence-electron chi connectivity index (χ2n) is 5.86. The molecule has 0 bridgehead atoms. The minimum atomic E-state index is -0.640. The summed E-state index contributed by atoms with van der Waals surface area (Å²) >= 11 is 0. The molecule has 0 saturated carbocycles. The van der Waals surface area contributed by atoms with E-state index in [0.717, 1.165) is 0 Å². The summed E-state index contributed by atoms with van der Waals surface area (Å²) < 4.78 is 10.3. The zero-order chi connectivity index (χ0) is 20.6. The van der Waals surface area contributed by atoms with Gasteiger partial charge >= 0.3 is 5.97 Å². The van der Waals surface area contributed by atoms with Crippen LogP contribution in [-0.4, -0.2) is 24.0 Å². The van der Waals surface area contributed by atoms with Crippen molar-refractivity contribution in [2.45, 2.75) is 6.92 Å². The first-order chi connectivity index (χ1) is 14.0. The molecule has 2 N–H and O–H groups in total. The number of rotatable bonds is 6. The molecule has 8 nitrogen and oxygen atoms in total. The number of nitrogens with zero attached hydrogens (tertiary/aromatic N) is 1. The largest absolute Gasteiger partial charge is 0.457 e.